The summed E-state index contributed by atoms with van der Waals surface area (Å²) in [6.45, 7) is 1.81. The van der Waals surface area contributed by atoms with Crippen molar-refractivity contribution in [2.24, 2.45) is 0 Å². The number of carboxylic acid groups (broad SMARTS) is 1. The van der Waals surface area contributed by atoms with Gasteiger partial charge in [0.15, 0.2) is 0 Å². The summed E-state index contributed by atoms with van der Waals surface area (Å²) in [6, 6.07) is 13.9. The van der Waals surface area contributed by atoms with Crippen LogP contribution in [-0.2, 0) is 35.3 Å². The lowest BCUT2D eigenvalue weighted by Gasteiger charge is -2.23. The van der Waals surface area contributed by atoms with Crippen LogP contribution in [0.4, 0.5) is 18.0 Å². The van der Waals surface area contributed by atoms with Crippen LogP contribution in [0, 0.1) is 0 Å². The number of carbonyl (C=O) groups excluding carboxylic acids is 1. The van der Waals surface area contributed by atoms with Crippen molar-refractivity contribution in [3.05, 3.63) is 89.2 Å². The zero-order valence-corrected chi connectivity index (χ0v) is 18.4. The van der Waals surface area contributed by atoms with E-state index in [0.717, 1.165) is 17.7 Å². The van der Waals surface area contributed by atoms with Crippen molar-refractivity contribution in [1.82, 2.24) is 9.88 Å². The van der Waals surface area contributed by atoms with Gasteiger partial charge < -0.3 is 14.7 Å². The van der Waals surface area contributed by atoms with Crippen LogP contribution >= 0.6 is 0 Å². The number of hydrogen-bond donors (Lipinski definition) is 1. The minimum absolute atomic E-state index is 0.0345. The molecule has 0 unspecified atom stereocenters. The fraction of sp³-hybridized carbons (Fsp3) is 0.240. The van der Waals surface area contributed by atoms with Gasteiger partial charge in [0.05, 0.1) is 12.0 Å². The van der Waals surface area contributed by atoms with E-state index in [-0.39, 0.29) is 31.7 Å². The first-order chi connectivity index (χ1) is 16.2. The van der Waals surface area contributed by atoms with Gasteiger partial charge in [0, 0.05) is 31.0 Å². The monoisotopic (exact) mass is 472 g/mol. The van der Waals surface area contributed by atoms with Gasteiger partial charge in [-0.2, -0.15) is 13.2 Å². The molecule has 0 aliphatic rings. The first kappa shape index (κ1) is 24.8. The molecule has 178 valence electrons. The maximum absolute atomic E-state index is 13.4. The number of hydrogen-bond acceptors (Lipinski definition) is 4. The van der Waals surface area contributed by atoms with Crippen molar-refractivity contribution >= 4 is 12.1 Å². The highest BCUT2D eigenvalue weighted by atomic mass is 19.4. The Morgan fingerprint density at radius 1 is 1.03 bits per heavy atom. The maximum atomic E-state index is 13.4. The summed E-state index contributed by atoms with van der Waals surface area (Å²) in [6.07, 6.45) is -2.67. The van der Waals surface area contributed by atoms with E-state index in [1.807, 2.05) is 18.2 Å². The van der Waals surface area contributed by atoms with E-state index in [4.69, 9.17) is 9.84 Å². The number of rotatable bonds is 8. The Kier molecular flexibility index (Phi) is 7.88. The Hall–Kier alpha value is -3.88. The van der Waals surface area contributed by atoms with Crippen molar-refractivity contribution < 1.29 is 32.6 Å². The van der Waals surface area contributed by atoms with E-state index < -0.39 is 23.8 Å². The second kappa shape index (κ2) is 10.8. The van der Waals surface area contributed by atoms with Crippen LogP contribution in [0.25, 0.3) is 11.1 Å². The number of benzene rings is 2. The number of halogens is 3. The van der Waals surface area contributed by atoms with Crippen LogP contribution < -0.4 is 0 Å². The number of carboxylic acids is 1. The highest BCUT2D eigenvalue weighted by molar-refractivity contribution is 5.73. The van der Waals surface area contributed by atoms with Crippen molar-refractivity contribution in [3.8, 4) is 11.1 Å². The van der Waals surface area contributed by atoms with E-state index >= 15 is 0 Å². The van der Waals surface area contributed by atoms with Crippen molar-refractivity contribution in [3.63, 3.8) is 0 Å². The molecule has 0 saturated heterocycles. The second-order valence-electron chi connectivity index (χ2n) is 7.58. The molecule has 0 aliphatic heterocycles. The third-order valence-corrected chi connectivity index (χ3v) is 5.10. The van der Waals surface area contributed by atoms with Crippen LogP contribution in [0.1, 0.15) is 29.2 Å². The molecule has 1 N–H and O–H groups in total. The van der Waals surface area contributed by atoms with Crippen molar-refractivity contribution in [1.29, 1.82) is 0 Å². The molecule has 0 fully saturated rings. The molecule has 9 heteroatoms. The summed E-state index contributed by atoms with van der Waals surface area (Å²) < 4.78 is 45.6. The Morgan fingerprint density at radius 3 is 2.41 bits per heavy atom. The molecule has 6 nitrogen and oxygen atoms in total. The van der Waals surface area contributed by atoms with Crippen LogP contribution in [0.3, 0.4) is 0 Å². The SMILES string of the molecule is CCN(Cc1cc(C(F)(F)F)ccc1-c1cncc(CC(=O)O)c1)C(=O)OCc1ccccc1. The number of amides is 1. The fourth-order valence-corrected chi connectivity index (χ4v) is 3.41. The van der Waals surface area contributed by atoms with Gasteiger partial charge in [0.1, 0.15) is 6.61 Å². The average molecular weight is 472 g/mol. The molecule has 3 aromatic rings. The lowest BCUT2D eigenvalue weighted by atomic mass is 9.96. The summed E-state index contributed by atoms with van der Waals surface area (Å²) in [4.78, 5) is 29.0. The zero-order valence-electron chi connectivity index (χ0n) is 18.4. The minimum Gasteiger partial charge on any atom is -0.481 e. The van der Waals surface area contributed by atoms with Crippen molar-refractivity contribution in [2.45, 2.75) is 32.7 Å². The highest BCUT2D eigenvalue weighted by Gasteiger charge is 2.31. The average Bonchev–Trinajstić information content (AvgIpc) is 2.80. The summed E-state index contributed by atoms with van der Waals surface area (Å²) >= 11 is 0. The number of ether oxygens (including phenoxy) is 1. The molecule has 0 spiro atoms. The lowest BCUT2D eigenvalue weighted by Crippen LogP contribution is -2.31. The largest absolute Gasteiger partial charge is 0.481 e. The number of aliphatic carboxylic acids is 1. The number of pyridine rings is 1. The number of nitrogens with zero attached hydrogens (tertiary/aromatic N) is 2. The van der Waals surface area contributed by atoms with E-state index in [0.29, 0.717) is 16.7 Å². The predicted molar refractivity (Wildman–Crippen MR) is 119 cm³/mol. The lowest BCUT2D eigenvalue weighted by molar-refractivity contribution is -0.138. The van der Waals surface area contributed by atoms with Gasteiger partial charge >= 0.3 is 18.2 Å². The maximum Gasteiger partial charge on any atom is 0.416 e. The normalized spacial score (nSPS) is 11.2. The molecule has 1 heterocycles. The van der Waals surface area contributed by atoms with E-state index in [1.54, 1.807) is 25.1 Å². The molecule has 0 bridgehead atoms. The van der Waals surface area contributed by atoms with Gasteiger partial charge in [0.2, 0.25) is 0 Å². The first-order valence-corrected chi connectivity index (χ1v) is 10.5. The topological polar surface area (TPSA) is 79.7 Å². The zero-order chi connectivity index (χ0) is 24.7. The Bertz CT molecular complexity index is 1150. The number of carbonyl (C=O) groups is 2. The minimum atomic E-state index is -4.57. The summed E-state index contributed by atoms with van der Waals surface area (Å²) in [7, 11) is 0. The van der Waals surface area contributed by atoms with Crippen LogP contribution in [-0.4, -0.2) is 33.6 Å². The molecule has 1 aromatic heterocycles. The quantitative estimate of drug-likeness (QED) is 0.465. The Labute approximate surface area is 194 Å². The molecule has 0 saturated carbocycles. The summed E-state index contributed by atoms with van der Waals surface area (Å²) in [5, 5.41) is 9.04. The smallest absolute Gasteiger partial charge is 0.416 e. The van der Waals surface area contributed by atoms with E-state index in [1.165, 1.54) is 23.4 Å². The number of alkyl halides is 3. The molecule has 34 heavy (non-hydrogen) atoms. The highest BCUT2D eigenvalue weighted by Crippen LogP contribution is 2.34. The third kappa shape index (κ3) is 6.57. The first-order valence-electron chi connectivity index (χ1n) is 10.5. The molecule has 2 aromatic carbocycles. The van der Waals surface area contributed by atoms with Gasteiger partial charge in [0.25, 0.3) is 0 Å². The molecular weight excluding hydrogens is 449 g/mol. The Balaban J connectivity index is 1.91. The van der Waals surface area contributed by atoms with Crippen LogP contribution in [0.2, 0.25) is 0 Å². The number of aromatic nitrogens is 1. The molecule has 3 rings (SSSR count). The second-order valence-corrected chi connectivity index (χ2v) is 7.58. The Morgan fingerprint density at radius 2 is 1.76 bits per heavy atom. The van der Waals surface area contributed by atoms with Gasteiger partial charge in [-0.25, -0.2) is 4.79 Å². The van der Waals surface area contributed by atoms with Crippen LogP contribution in [0.5, 0.6) is 0 Å². The van der Waals surface area contributed by atoms with Crippen LogP contribution in [0.15, 0.2) is 67.0 Å². The molecular formula is C25H23F3N2O4. The standard InChI is InChI=1S/C25H23F3N2O4/c1-2-30(24(33)34-16-17-6-4-3-5-7-17)15-20-12-21(25(26,27)28)8-9-22(20)19-10-18(11-23(31)32)13-29-14-19/h3-10,12-14H,2,11,15-16H2,1H3,(H,31,32). The fourth-order valence-electron chi connectivity index (χ4n) is 3.41. The van der Waals surface area contributed by atoms with E-state index in [2.05, 4.69) is 4.98 Å². The summed E-state index contributed by atoms with van der Waals surface area (Å²) in [5.41, 5.74) is 1.45. The molecule has 0 aliphatic carbocycles. The molecule has 1 amide bonds. The van der Waals surface area contributed by atoms with Crippen molar-refractivity contribution in [2.75, 3.05) is 6.54 Å². The van der Waals surface area contributed by atoms with Gasteiger partial charge in [-0.05, 0) is 47.4 Å². The predicted octanol–water partition coefficient (Wildman–Crippen LogP) is 5.55. The van der Waals surface area contributed by atoms with E-state index in [9.17, 15) is 22.8 Å². The molecule has 0 radical (unpaired) electrons. The third-order valence-electron chi connectivity index (χ3n) is 5.10. The van der Waals surface area contributed by atoms with Gasteiger partial charge in [-0.1, -0.05) is 36.4 Å². The van der Waals surface area contributed by atoms with Gasteiger partial charge in [-0.3, -0.25) is 9.78 Å². The van der Waals surface area contributed by atoms with Gasteiger partial charge in [-0.15, -0.1) is 0 Å². The molecule has 0 atom stereocenters. The summed E-state index contributed by atoms with van der Waals surface area (Å²) in [5.74, 6) is -1.05.